The van der Waals surface area contributed by atoms with Crippen molar-refractivity contribution in [2.75, 3.05) is 18.4 Å². The summed E-state index contributed by atoms with van der Waals surface area (Å²) < 4.78 is 0. The Bertz CT molecular complexity index is 574. The third-order valence-corrected chi connectivity index (χ3v) is 3.65. The summed E-state index contributed by atoms with van der Waals surface area (Å²) >= 11 is 5.84. The van der Waals surface area contributed by atoms with E-state index in [0.29, 0.717) is 24.4 Å². The Labute approximate surface area is 127 Å². The van der Waals surface area contributed by atoms with E-state index in [4.69, 9.17) is 16.7 Å². The molecule has 0 radical (unpaired) electrons. The molecule has 0 aromatic heterocycles. The van der Waals surface area contributed by atoms with Gasteiger partial charge in [0.15, 0.2) is 0 Å². The molecule has 6 nitrogen and oxygen atoms in total. The molecular weight excluding hydrogens is 296 g/mol. The third kappa shape index (κ3) is 3.86. The fraction of sp³-hybridized carbons (Fsp3) is 0.429. The van der Waals surface area contributed by atoms with E-state index in [2.05, 4.69) is 5.32 Å². The van der Waals surface area contributed by atoms with Gasteiger partial charge in [-0.15, -0.1) is 0 Å². The molecule has 0 bridgehead atoms. The number of likely N-dealkylation sites (tertiary alicyclic amines) is 1. The summed E-state index contributed by atoms with van der Waals surface area (Å²) in [5.41, 5.74) is -0.804. The van der Waals surface area contributed by atoms with E-state index in [1.54, 1.807) is 6.92 Å². The minimum Gasteiger partial charge on any atom is -0.478 e. The molecule has 1 aliphatic heterocycles. The molecule has 1 fully saturated rings. The number of carbonyl (C=O) groups is 2. The summed E-state index contributed by atoms with van der Waals surface area (Å²) in [4.78, 5) is 24.8. The number of nitrogens with one attached hydrogen (secondary N) is 1. The molecular formula is C14H17ClN2O4. The van der Waals surface area contributed by atoms with Crippen LogP contribution < -0.4 is 5.32 Å². The molecule has 1 unspecified atom stereocenters. The summed E-state index contributed by atoms with van der Waals surface area (Å²) in [5, 5.41) is 22.0. The minimum absolute atomic E-state index is 0.0310. The summed E-state index contributed by atoms with van der Waals surface area (Å²) in [6, 6.07) is 3.74. The SMILES string of the molecule is CC1(O)CCCN(C(=O)Nc2cc(Cl)ccc2C(=O)O)C1. The lowest BCUT2D eigenvalue weighted by atomic mass is 9.95. The zero-order valence-electron chi connectivity index (χ0n) is 11.6. The Balaban J connectivity index is 2.16. The second kappa shape index (κ2) is 5.91. The largest absolute Gasteiger partial charge is 0.478 e. The average molecular weight is 313 g/mol. The van der Waals surface area contributed by atoms with Crippen LogP contribution in [0.5, 0.6) is 0 Å². The van der Waals surface area contributed by atoms with Crippen molar-refractivity contribution in [3.8, 4) is 0 Å². The van der Waals surface area contributed by atoms with Gasteiger partial charge in [-0.2, -0.15) is 0 Å². The van der Waals surface area contributed by atoms with Crippen LogP contribution in [-0.4, -0.2) is 45.8 Å². The van der Waals surface area contributed by atoms with Crippen LogP contribution in [0.25, 0.3) is 0 Å². The number of anilines is 1. The summed E-state index contributed by atoms with van der Waals surface area (Å²) in [6.07, 6.45) is 1.33. The van der Waals surface area contributed by atoms with E-state index in [0.717, 1.165) is 0 Å². The first-order valence-corrected chi connectivity index (χ1v) is 6.97. The molecule has 1 saturated heterocycles. The number of β-amino-alcohol motifs (C(OH)–C–C–N with tert-alkyl or cyclic N) is 1. The molecule has 0 saturated carbocycles. The highest BCUT2D eigenvalue weighted by Gasteiger charge is 2.31. The molecule has 1 heterocycles. The van der Waals surface area contributed by atoms with Gasteiger partial charge in [0, 0.05) is 11.6 Å². The fourth-order valence-electron chi connectivity index (χ4n) is 2.39. The highest BCUT2D eigenvalue weighted by atomic mass is 35.5. The quantitative estimate of drug-likeness (QED) is 0.782. The number of carbonyl (C=O) groups excluding carboxylic acids is 1. The topological polar surface area (TPSA) is 89.9 Å². The molecule has 0 spiro atoms. The number of benzene rings is 1. The fourth-order valence-corrected chi connectivity index (χ4v) is 2.57. The highest BCUT2D eigenvalue weighted by molar-refractivity contribution is 6.31. The van der Waals surface area contributed by atoms with Crippen LogP contribution in [0.2, 0.25) is 5.02 Å². The van der Waals surface area contributed by atoms with Gasteiger partial charge >= 0.3 is 12.0 Å². The van der Waals surface area contributed by atoms with E-state index in [1.807, 2.05) is 0 Å². The van der Waals surface area contributed by atoms with Crippen LogP contribution in [0.3, 0.4) is 0 Å². The molecule has 1 atom stereocenters. The van der Waals surface area contributed by atoms with Gasteiger partial charge in [-0.05, 0) is 38.0 Å². The Hall–Kier alpha value is -1.79. The van der Waals surface area contributed by atoms with Crippen molar-refractivity contribution < 1.29 is 19.8 Å². The van der Waals surface area contributed by atoms with Crippen LogP contribution in [0.15, 0.2) is 18.2 Å². The van der Waals surface area contributed by atoms with Gasteiger partial charge in [0.25, 0.3) is 0 Å². The van der Waals surface area contributed by atoms with Crippen LogP contribution >= 0.6 is 11.6 Å². The van der Waals surface area contributed by atoms with Crippen molar-refractivity contribution in [1.82, 2.24) is 4.90 Å². The normalized spacial score (nSPS) is 22.0. The predicted octanol–water partition coefficient (Wildman–Crippen LogP) is 2.42. The molecule has 21 heavy (non-hydrogen) atoms. The number of aromatic carboxylic acids is 1. The second-order valence-corrected chi connectivity index (χ2v) is 5.88. The first-order valence-electron chi connectivity index (χ1n) is 6.60. The van der Waals surface area contributed by atoms with Crippen molar-refractivity contribution in [2.45, 2.75) is 25.4 Å². The maximum Gasteiger partial charge on any atom is 0.337 e. The van der Waals surface area contributed by atoms with Crippen LogP contribution in [0.4, 0.5) is 10.5 Å². The lowest BCUT2D eigenvalue weighted by molar-refractivity contribution is -0.000647. The predicted molar refractivity (Wildman–Crippen MR) is 78.9 cm³/mol. The molecule has 1 aromatic carbocycles. The highest BCUT2D eigenvalue weighted by Crippen LogP contribution is 2.24. The van der Waals surface area contributed by atoms with Gasteiger partial charge < -0.3 is 20.4 Å². The summed E-state index contributed by atoms with van der Waals surface area (Å²) in [5.74, 6) is -1.15. The van der Waals surface area contributed by atoms with Gasteiger partial charge in [0.2, 0.25) is 0 Å². The van der Waals surface area contributed by atoms with Gasteiger partial charge in [-0.25, -0.2) is 9.59 Å². The third-order valence-electron chi connectivity index (χ3n) is 3.42. The smallest absolute Gasteiger partial charge is 0.337 e. The van der Waals surface area contributed by atoms with Crippen molar-refractivity contribution >= 4 is 29.3 Å². The van der Waals surface area contributed by atoms with Crippen molar-refractivity contribution in [3.63, 3.8) is 0 Å². The number of aliphatic hydroxyl groups is 1. The van der Waals surface area contributed by atoms with Crippen LogP contribution in [0, 0.1) is 0 Å². The number of hydrogen-bond donors (Lipinski definition) is 3. The monoisotopic (exact) mass is 312 g/mol. The Kier molecular flexibility index (Phi) is 4.39. The molecule has 1 aromatic rings. The Morgan fingerprint density at radius 3 is 2.76 bits per heavy atom. The minimum atomic E-state index is -1.15. The van der Waals surface area contributed by atoms with E-state index in [-0.39, 0.29) is 17.8 Å². The number of nitrogens with zero attached hydrogens (tertiary/aromatic N) is 1. The standard InChI is InChI=1S/C14H17ClN2O4/c1-14(21)5-2-6-17(8-14)13(20)16-11-7-9(15)3-4-10(11)12(18)19/h3-4,7,21H,2,5-6,8H2,1H3,(H,16,20)(H,18,19). The maximum atomic E-state index is 12.2. The number of carboxylic acids is 1. The van der Waals surface area contributed by atoms with E-state index in [1.165, 1.54) is 23.1 Å². The second-order valence-electron chi connectivity index (χ2n) is 5.45. The Morgan fingerprint density at radius 1 is 1.43 bits per heavy atom. The van der Waals surface area contributed by atoms with Crippen molar-refractivity contribution in [1.29, 1.82) is 0 Å². The number of hydrogen-bond acceptors (Lipinski definition) is 3. The molecule has 0 aliphatic carbocycles. The summed E-state index contributed by atoms with van der Waals surface area (Å²) in [6.45, 7) is 2.40. The number of amides is 2. The Morgan fingerprint density at radius 2 is 2.14 bits per heavy atom. The average Bonchev–Trinajstić information content (AvgIpc) is 2.37. The van der Waals surface area contributed by atoms with E-state index >= 15 is 0 Å². The number of carboxylic acid groups (broad SMARTS) is 1. The van der Waals surface area contributed by atoms with Crippen molar-refractivity contribution in [3.05, 3.63) is 28.8 Å². The zero-order valence-corrected chi connectivity index (χ0v) is 12.4. The zero-order chi connectivity index (χ0) is 15.6. The van der Waals surface area contributed by atoms with Crippen molar-refractivity contribution in [2.24, 2.45) is 0 Å². The number of urea groups is 1. The lowest BCUT2D eigenvalue weighted by Gasteiger charge is -2.36. The van der Waals surface area contributed by atoms with E-state index in [9.17, 15) is 14.7 Å². The van der Waals surface area contributed by atoms with Gasteiger partial charge in [-0.1, -0.05) is 11.6 Å². The molecule has 1 aliphatic rings. The number of piperidine rings is 1. The lowest BCUT2D eigenvalue weighted by Crippen LogP contribution is -2.50. The number of rotatable bonds is 2. The summed E-state index contributed by atoms with van der Waals surface area (Å²) in [7, 11) is 0. The van der Waals surface area contributed by atoms with Crippen LogP contribution in [-0.2, 0) is 0 Å². The van der Waals surface area contributed by atoms with E-state index < -0.39 is 17.6 Å². The van der Waals surface area contributed by atoms with Gasteiger partial charge in [0.05, 0.1) is 23.4 Å². The van der Waals surface area contributed by atoms with Gasteiger partial charge in [-0.3, -0.25) is 0 Å². The molecule has 2 rings (SSSR count). The van der Waals surface area contributed by atoms with Gasteiger partial charge in [0.1, 0.15) is 0 Å². The first kappa shape index (κ1) is 15.6. The molecule has 2 amide bonds. The number of halogens is 1. The van der Waals surface area contributed by atoms with Crippen LogP contribution in [0.1, 0.15) is 30.1 Å². The molecule has 3 N–H and O–H groups in total. The molecule has 114 valence electrons. The first-order chi connectivity index (χ1) is 9.78. The maximum absolute atomic E-state index is 12.2. The molecule has 7 heteroatoms.